The van der Waals surface area contributed by atoms with Crippen molar-refractivity contribution in [2.24, 2.45) is 0 Å². The van der Waals surface area contributed by atoms with Gasteiger partial charge in [-0.25, -0.2) is 0 Å². The molecule has 1 aromatic rings. The second kappa shape index (κ2) is 7.95. The summed E-state index contributed by atoms with van der Waals surface area (Å²) in [6.45, 7) is 10.7. The van der Waals surface area contributed by atoms with E-state index in [1.165, 1.54) is 16.7 Å². The first kappa shape index (κ1) is 15.7. The Labute approximate surface area is 116 Å². The minimum Gasteiger partial charge on any atom is -0.465 e. The predicted octanol–water partition coefficient (Wildman–Crippen LogP) is 3.08. The Morgan fingerprint density at radius 2 is 1.95 bits per heavy atom. The molecule has 106 valence electrons. The summed E-state index contributed by atoms with van der Waals surface area (Å²) in [5, 5.41) is 0. The zero-order chi connectivity index (χ0) is 14.3. The Hall–Kier alpha value is -1.35. The largest absolute Gasteiger partial charge is 0.465 e. The van der Waals surface area contributed by atoms with E-state index in [9.17, 15) is 4.79 Å². The molecule has 0 N–H and O–H groups in total. The van der Waals surface area contributed by atoms with Crippen LogP contribution in [0.15, 0.2) is 18.2 Å². The molecule has 19 heavy (non-hydrogen) atoms. The van der Waals surface area contributed by atoms with Crippen LogP contribution < -0.4 is 0 Å². The van der Waals surface area contributed by atoms with Crippen molar-refractivity contribution < 1.29 is 9.53 Å². The molecule has 1 rings (SSSR count). The third-order valence-electron chi connectivity index (χ3n) is 3.18. The van der Waals surface area contributed by atoms with Crippen molar-refractivity contribution in [1.82, 2.24) is 4.90 Å². The number of carbonyl (C=O) groups is 1. The van der Waals surface area contributed by atoms with E-state index in [2.05, 4.69) is 43.9 Å². The minimum absolute atomic E-state index is 0.139. The SMILES string of the molecule is CCCN(CC(=O)OCC)Cc1ccc(C)c(C)c1. The van der Waals surface area contributed by atoms with Crippen LogP contribution in [0.3, 0.4) is 0 Å². The van der Waals surface area contributed by atoms with Gasteiger partial charge < -0.3 is 4.74 Å². The van der Waals surface area contributed by atoms with Crippen molar-refractivity contribution in [2.45, 2.75) is 40.7 Å². The zero-order valence-corrected chi connectivity index (χ0v) is 12.5. The van der Waals surface area contributed by atoms with Crippen molar-refractivity contribution in [2.75, 3.05) is 19.7 Å². The standard InChI is InChI=1S/C16H25NO2/c1-5-9-17(12-16(18)19-6-2)11-15-8-7-13(3)14(4)10-15/h7-8,10H,5-6,9,11-12H2,1-4H3. The molecule has 0 amide bonds. The molecule has 0 aliphatic heterocycles. The fraction of sp³-hybridized carbons (Fsp3) is 0.562. The van der Waals surface area contributed by atoms with Crippen molar-refractivity contribution in [3.8, 4) is 0 Å². The lowest BCUT2D eigenvalue weighted by atomic mass is 10.1. The third-order valence-corrected chi connectivity index (χ3v) is 3.18. The highest BCUT2D eigenvalue weighted by Gasteiger charge is 2.11. The maximum absolute atomic E-state index is 11.6. The summed E-state index contributed by atoms with van der Waals surface area (Å²) in [6.07, 6.45) is 1.03. The summed E-state index contributed by atoms with van der Waals surface area (Å²) in [5.41, 5.74) is 3.85. The van der Waals surface area contributed by atoms with Crippen molar-refractivity contribution in [3.05, 3.63) is 34.9 Å². The van der Waals surface area contributed by atoms with Gasteiger partial charge in [-0.05, 0) is 50.4 Å². The van der Waals surface area contributed by atoms with E-state index >= 15 is 0 Å². The zero-order valence-electron chi connectivity index (χ0n) is 12.5. The highest BCUT2D eigenvalue weighted by molar-refractivity contribution is 5.71. The number of aryl methyl sites for hydroxylation is 2. The van der Waals surface area contributed by atoms with Gasteiger partial charge in [0.05, 0.1) is 13.2 Å². The lowest BCUT2D eigenvalue weighted by Gasteiger charge is -2.21. The van der Waals surface area contributed by atoms with Gasteiger partial charge in [-0.1, -0.05) is 25.1 Å². The lowest BCUT2D eigenvalue weighted by molar-refractivity contribution is -0.144. The molecule has 0 heterocycles. The first-order valence-electron chi connectivity index (χ1n) is 7.00. The van der Waals surface area contributed by atoms with Crippen molar-refractivity contribution in [3.63, 3.8) is 0 Å². The monoisotopic (exact) mass is 263 g/mol. The van der Waals surface area contributed by atoms with Gasteiger partial charge >= 0.3 is 5.97 Å². The number of carbonyl (C=O) groups excluding carboxylic acids is 1. The first-order chi connectivity index (χ1) is 9.06. The number of nitrogens with zero attached hydrogens (tertiary/aromatic N) is 1. The molecule has 0 saturated heterocycles. The number of esters is 1. The fourth-order valence-electron chi connectivity index (χ4n) is 2.08. The predicted molar refractivity (Wildman–Crippen MR) is 78.1 cm³/mol. The van der Waals surface area contributed by atoms with Gasteiger partial charge in [0, 0.05) is 6.54 Å². The van der Waals surface area contributed by atoms with E-state index in [0.29, 0.717) is 13.2 Å². The minimum atomic E-state index is -0.139. The van der Waals surface area contributed by atoms with Crippen LogP contribution >= 0.6 is 0 Å². The highest BCUT2D eigenvalue weighted by Crippen LogP contribution is 2.12. The Morgan fingerprint density at radius 1 is 1.21 bits per heavy atom. The van der Waals surface area contributed by atoms with Crippen LogP contribution in [0, 0.1) is 13.8 Å². The molecule has 0 fully saturated rings. The quantitative estimate of drug-likeness (QED) is 0.708. The van der Waals surface area contributed by atoms with Crippen molar-refractivity contribution >= 4 is 5.97 Å². The fourth-order valence-corrected chi connectivity index (χ4v) is 2.08. The Kier molecular flexibility index (Phi) is 6.57. The molecule has 0 aliphatic carbocycles. The van der Waals surface area contributed by atoms with Gasteiger partial charge in [-0.3, -0.25) is 9.69 Å². The molecule has 3 heteroatoms. The summed E-state index contributed by atoms with van der Waals surface area (Å²) >= 11 is 0. The van der Waals surface area contributed by atoms with Gasteiger partial charge in [0.2, 0.25) is 0 Å². The van der Waals surface area contributed by atoms with Crippen LogP contribution in [0.1, 0.15) is 37.0 Å². The summed E-state index contributed by atoms with van der Waals surface area (Å²) in [6, 6.07) is 6.47. The molecular formula is C16H25NO2. The topological polar surface area (TPSA) is 29.5 Å². The van der Waals surface area contributed by atoms with Crippen molar-refractivity contribution in [1.29, 1.82) is 0 Å². The highest BCUT2D eigenvalue weighted by atomic mass is 16.5. The second-order valence-corrected chi connectivity index (χ2v) is 4.93. The van der Waals surface area contributed by atoms with E-state index in [-0.39, 0.29) is 5.97 Å². The Morgan fingerprint density at radius 3 is 2.53 bits per heavy atom. The van der Waals surface area contributed by atoms with Gasteiger partial charge in [-0.15, -0.1) is 0 Å². The summed E-state index contributed by atoms with van der Waals surface area (Å²) in [7, 11) is 0. The van der Waals surface area contributed by atoms with Crippen LogP contribution in [-0.2, 0) is 16.1 Å². The summed E-state index contributed by atoms with van der Waals surface area (Å²) in [5.74, 6) is -0.139. The second-order valence-electron chi connectivity index (χ2n) is 4.93. The van der Waals surface area contributed by atoms with E-state index in [4.69, 9.17) is 4.74 Å². The molecule has 0 radical (unpaired) electrons. The molecular weight excluding hydrogens is 238 g/mol. The Balaban J connectivity index is 2.66. The molecule has 0 aromatic heterocycles. The van der Waals surface area contributed by atoms with Gasteiger partial charge in [0.1, 0.15) is 0 Å². The average molecular weight is 263 g/mol. The Bertz CT molecular complexity index is 415. The third kappa shape index (κ3) is 5.43. The molecule has 0 atom stereocenters. The molecule has 0 saturated carbocycles. The molecule has 1 aromatic carbocycles. The number of benzene rings is 1. The molecule has 3 nitrogen and oxygen atoms in total. The van der Waals surface area contributed by atoms with E-state index in [1.54, 1.807) is 0 Å². The van der Waals surface area contributed by atoms with E-state index in [0.717, 1.165) is 19.5 Å². The van der Waals surface area contributed by atoms with Crippen LogP contribution in [-0.4, -0.2) is 30.6 Å². The lowest BCUT2D eigenvalue weighted by Crippen LogP contribution is -2.31. The number of hydrogen-bond donors (Lipinski definition) is 0. The maximum atomic E-state index is 11.6. The van der Waals surface area contributed by atoms with Crippen LogP contribution in [0.4, 0.5) is 0 Å². The van der Waals surface area contributed by atoms with E-state index in [1.807, 2.05) is 6.92 Å². The van der Waals surface area contributed by atoms with E-state index < -0.39 is 0 Å². The van der Waals surface area contributed by atoms with Gasteiger partial charge in [0.15, 0.2) is 0 Å². The average Bonchev–Trinajstić information content (AvgIpc) is 2.34. The van der Waals surface area contributed by atoms with Gasteiger partial charge in [-0.2, -0.15) is 0 Å². The normalized spacial score (nSPS) is 10.8. The number of rotatable bonds is 7. The molecule has 0 unspecified atom stereocenters. The summed E-state index contributed by atoms with van der Waals surface area (Å²) in [4.78, 5) is 13.7. The van der Waals surface area contributed by atoms with Gasteiger partial charge in [0.25, 0.3) is 0 Å². The smallest absolute Gasteiger partial charge is 0.320 e. The van der Waals surface area contributed by atoms with Crippen LogP contribution in [0.2, 0.25) is 0 Å². The number of ether oxygens (including phenoxy) is 1. The number of hydrogen-bond acceptors (Lipinski definition) is 3. The maximum Gasteiger partial charge on any atom is 0.320 e. The summed E-state index contributed by atoms with van der Waals surface area (Å²) < 4.78 is 5.02. The molecule has 0 bridgehead atoms. The van der Waals surface area contributed by atoms with Crippen LogP contribution in [0.5, 0.6) is 0 Å². The first-order valence-corrected chi connectivity index (χ1v) is 7.00. The van der Waals surface area contributed by atoms with Crippen LogP contribution in [0.25, 0.3) is 0 Å². The molecule has 0 aliphatic rings. The molecule has 0 spiro atoms.